The molecule has 0 spiro atoms. The van der Waals surface area contributed by atoms with Gasteiger partial charge in [-0.25, -0.2) is 0 Å². The summed E-state index contributed by atoms with van der Waals surface area (Å²) in [6.45, 7) is 2.28. The Morgan fingerprint density at radius 2 is 1.96 bits per heavy atom. The maximum atomic E-state index is 11.6. The van der Waals surface area contributed by atoms with Crippen molar-refractivity contribution in [2.24, 2.45) is 17.8 Å². The molecule has 10 atom stereocenters. The number of piperidine rings is 2. The third-order valence-electron chi connectivity index (χ3n) is 8.70. The summed E-state index contributed by atoms with van der Waals surface area (Å²) < 4.78 is 0. The van der Waals surface area contributed by atoms with E-state index in [9.17, 15) is 9.90 Å². The zero-order valence-corrected chi connectivity index (χ0v) is 16.5. The summed E-state index contributed by atoms with van der Waals surface area (Å²) in [6, 6.07) is 9.63. The van der Waals surface area contributed by atoms with E-state index >= 15 is 0 Å². The lowest BCUT2D eigenvalue weighted by molar-refractivity contribution is 0.0203. The highest BCUT2D eigenvalue weighted by molar-refractivity contribution is 5.74. The van der Waals surface area contributed by atoms with Gasteiger partial charge in [-0.15, -0.1) is 0 Å². The Bertz CT molecular complexity index is 820. The molecule has 0 amide bonds. The van der Waals surface area contributed by atoms with Crippen LogP contribution in [0, 0.1) is 17.8 Å². The van der Waals surface area contributed by atoms with Crippen molar-refractivity contribution in [3.8, 4) is 0 Å². The van der Waals surface area contributed by atoms with Gasteiger partial charge in [-0.3, -0.25) is 9.69 Å². The average Bonchev–Trinajstić information content (AvgIpc) is 3.03. The number of carbonyl (C=O) groups is 1. The van der Waals surface area contributed by atoms with Crippen LogP contribution in [0.2, 0.25) is 0 Å². The number of nitrogens with zero attached hydrogens (tertiary/aromatic N) is 1. The topological polar surface area (TPSA) is 52.3 Å². The Morgan fingerprint density at radius 3 is 2.75 bits per heavy atom. The minimum atomic E-state index is -0.649. The molecule has 0 aromatic heterocycles. The van der Waals surface area contributed by atoms with Crippen molar-refractivity contribution in [2.45, 2.75) is 74.8 Å². The summed E-state index contributed by atoms with van der Waals surface area (Å²) in [5.41, 5.74) is 1.34. The van der Waals surface area contributed by atoms with Gasteiger partial charge < -0.3 is 10.4 Å². The van der Waals surface area contributed by atoms with Crippen molar-refractivity contribution in [3.63, 3.8) is 0 Å². The third-order valence-corrected chi connectivity index (χ3v) is 8.70. The van der Waals surface area contributed by atoms with E-state index < -0.39 is 5.72 Å². The Kier molecular flexibility index (Phi) is 3.73. The molecular formula is C24H30N2O2. The monoisotopic (exact) mass is 378 g/mol. The molecular weight excluding hydrogens is 348 g/mol. The number of aliphatic hydroxyl groups is 1. The maximum absolute atomic E-state index is 11.6. The smallest absolute Gasteiger partial charge is 0.150 e. The first-order valence-corrected chi connectivity index (χ1v) is 11.1. The van der Waals surface area contributed by atoms with Crippen LogP contribution in [-0.4, -0.2) is 46.2 Å². The lowest BCUT2D eigenvalue weighted by Crippen LogP contribution is -2.55. The molecule has 1 unspecified atom stereocenters. The van der Waals surface area contributed by atoms with Gasteiger partial charge in [0, 0.05) is 35.5 Å². The fourth-order valence-corrected chi connectivity index (χ4v) is 7.37. The highest BCUT2D eigenvalue weighted by Gasteiger charge is 2.78. The van der Waals surface area contributed by atoms with E-state index in [1.54, 1.807) is 0 Å². The number of nitrogens with one attached hydrogen (secondary N) is 1. The summed E-state index contributed by atoms with van der Waals surface area (Å²) in [5, 5.41) is 15.6. The zero-order chi connectivity index (χ0) is 19.0. The minimum absolute atomic E-state index is 0.187. The molecule has 0 radical (unpaired) electrons. The summed E-state index contributed by atoms with van der Waals surface area (Å²) in [4.78, 5) is 13.4. The van der Waals surface area contributed by atoms with Gasteiger partial charge in [-0.05, 0) is 43.1 Å². The average molecular weight is 379 g/mol. The number of carbonyl (C=O) groups excluding carboxylic acids is 1. The quantitative estimate of drug-likeness (QED) is 0.480. The van der Waals surface area contributed by atoms with Crippen LogP contribution < -0.4 is 5.32 Å². The molecule has 1 aromatic carbocycles. The van der Waals surface area contributed by atoms with Crippen LogP contribution in [-0.2, 0) is 0 Å². The highest BCUT2D eigenvalue weighted by atomic mass is 16.3. The van der Waals surface area contributed by atoms with Crippen LogP contribution in [0.3, 0.4) is 0 Å². The van der Waals surface area contributed by atoms with Gasteiger partial charge >= 0.3 is 0 Å². The molecule has 4 nitrogen and oxygen atoms in total. The number of fused-ring (bicyclic) bond motifs is 1. The molecule has 2 aliphatic carbocycles. The summed E-state index contributed by atoms with van der Waals surface area (Å²) in [5.74, 6) is 1.89. The molecule has 3 saturated heterocycles. The van der Waals surface area contributed by atoms with Crippen LogP contribution in [0.5, 0.6) is 0 Å². The standard InChI is InChI=1S/C24H30N2O2/c1-14(16-7-5-15(13-27)6-8-16)23-18-10-12-21-24(28,26(21)23)22(18)20-11-9-17-3-2-4-19(17)25-20/h5-8,10,12-14,17-23,25,28H,2-4,9,11H2,1H3/t14-,17-,18+,19+,20-,21-,22-,23-,24-,26?/m1/s1. The van der Waals surface area contributed by atoms with Gasteiger partial charge in [0.15, 0.2) is 0 Å². The summed E-state index contributed by atoms with van der Waals surface area (Å²) in [6.07, 6.45) is 12.1. The van der Waals surface area contributed by atoms with Gasteiger partial charge in [0.25, 0.3) is 0 Å². The highest BCUT2D eigenvalue weighted by Crippen LogP contribution is 2.65. The Morgan fingerprint density at radius 1 is 1.14 bits per heavy atom. The predicted molar refractivity (Wildman–Crippen MR) is 108 cm³/mol. The molecule has 6 aliphatic rings. The number of aldehydes is 1. The lowest BCUT2D eigenvalue weighted by Gasteiger charge is -2.43. The van der Waals surface area contributed by atoms with Gasteiger partial charge in [0.05, 0.1) is 6.04 Å². The Labute approximate surface area is 167 Å². The van der Waals surface area contributed by atoms with E-state index in [-0.39, 0.29) is 6.04 Å². The zero-order valence-electron chi connectivity index (χ0n) is 16.5. The van der Waals surface area contributed by atoms with E-state index in [0.717, 1.165) is 17.8 Å². The molecule has 4 bridgehead atoms. The first kappa shape index (κ1) is 17.4. The van der Waals surface area contributed by atoms with Gasteiger partial charge in [-0.1, -0.05) is 49.8 Å². The number of hydrogen-bond donors (Lipinski definition) is 2. The fraction of sp³-hybridized carbons (Fsp3) is 0.625. The lowest BCUT2D eigenvalue weighted by atomic mass is 9.69. The third kappa shape index (κ3) is 2.20. The summed E-state index contributed by atoms with van der Waals surface area (Å²) >= 11 is 0. The van der Waals surface area contributed by atoms with E-state index in [1.165, 1.54) is 37.7 Å². The van der Waals surface area contributed by atoms with E-state index in [0.29, 0.717) is 35.9 Å². The second kappa shape index (κ2) is 6.01. The van der Waals surface area contributed by atoms with E-state index in [2.05, 4.69) is 41.4 Å². The van der Waals surface area contributed by atoms with Crippen molar-refractivity contribution in [2.75, 3.05) is 0 Å². The molecule has 4 heterocycles. The van der Waals surface area contributed by atoms with Crippen molar-refractivity contribution < 1.29 is 9.90 Å². The normalized spacial score (nSPS) is 48.9. The molecule has 1 aromatic rings. The van der Waals surface area contributed by atoms with Crippen LogP contribution >= 0.6 is 0 Å². The van der Waals surface area contributed by atoms with Crippen molar-refractivity contribution >= 4 is 6.29 Å². The molecule has 7 rings (SSSR count). The molecule has 4 heteroatoms. The van der Waals surface area contributed by atoms with Gasteiger partial charge in [0.1, 0.15) is 12.0 Å². The second-order valence-corrected chi connectivity index (χ2v) is 9.83. The molecule has 28 heavy (non-hydrogen) atoms. The molecule has 4 aliphatic heterocycles. The van der Waals surface area contributed by atoms with Gasteiger partial charge in [0.2, 0.25) is 0 Å². The molecule has 2 N–H and O–H groups in total. The molecule has 4 fully saturated rings. The van der Waals surface area contributed by atoms with E-state index in [4.69, 9.17) is 0 Å². The van der Waals surface area contributed by atoms with Crippen LogP contribution in [0.1, 0.15) is 60.9 Å². The number of rotatable bonds is 4. The molecule has 1 saturated carbocycles. The Balaban J connectivity index is 1.28. The Hall–Kier alpha value is -1.49. The largest absolute Gasteiger partial charge is 0.373 e. The number of benzene rings is 1. The predicted octanol–water partition coefficient (Wildman–Crippen LogP) is 3.08. The second-order valence-electron chi connectivity index (χ2n) is 9.83. The van der Waals surface area contributed by atoms with Crippen LogP contribution in [0.4, 0.5) is 0 Å². The van der Waals surface area contributed by atoms with Crippen LogP contribution in [0.25, 0.3) is 0 Å². The maximum Gasteiger partial charge on any atom is 0.150 e. The van der Waals surface area contributed by atoms with E-state index in [1.807, 2.05) is 12.1 Å². The SMILES string of the molecule is C[C@H](c1ccc(C=O)cc1)[C@@H]1[C@H]2C=C[C@H]3N1[C@]3(O)[C@H]2[C@H]1CC[C@H]2CCC[C@@H]2N1. The first-order valence-electron chi connectivity index (χ1n) is 11.1. The van der Waals surface area contributed by atoms with Gasteiger partial charge in [-0.2, -0.15) is 0 Å². The van der Waals surface area contributed by atoms with Crippen molar-refractivity contribution in [3.05, 3.63) is 47.5 Å². The first-order chi connectivity index (χ1) is 13.6. The van der Waals surface area contributed by atoms with Crippen molar-refractivity contribution in [1.29, 1.82) is 0 Å². The van der Waals surface area contributed by atoms with Crippen LogP contribution in [0.15, 0.2) is 36.4 Å². The van der Waals surface area contributed by atoms with Crippen molar-refractivity contribution in [1.82, 2.24) is 10.2 Å². The minimum Gasteiger partial charge on any atom is -0.373 e. The molecule has 148 valence electrons. The fourth-order valence-electron chi connectivity index (χ4n) is 7.37. The summed E-state index contributed by atoms with van der Waals surface area (Å²) in [7, 11) is 0. The number of hydrogen-bond acceptors (Lipinski definition) is 4.